The zero-order valence-electron chi connectivity index (χ0n) is 16.8. The SMILES string of the molecule is O=C(Nc1ccc(Cc2ccncc2)cc1)N(C[C@H]1CCCO1)C[C@H]1CCCO1. The molecule has 0 spiro atoms. The summed E-state index contributed by atoms with van der Waals surface area (Å²) in [5.41, 5.74) is 3.22. The molecule has 0 saturated carbocycles. The molecule has 2 aromatic rings. The predicted octanol–water partition coefficient (Wildman–Crippen LogP) is 3.86. The zero-order chi connectivity index (χ0) is 19.9. The Morgan fingerprint density at radius 1 is 0.931 bits per heavy atom. The summed E-state index contributed by atoms with van der Waals surface area (Å²) in [7, 11) is 0. The molecule has 1 N–H and O–H groups in total. The first-order valence-corrected chi connectivity index (χ1v) is 10.5. The third-order valence-electron chi connectivity index (χ3n) is 5.55. The van der Waals surface area contributed by atoms with Crippen LogP contribution in [-0.2, 0) is 15.9 Å². The quantitative estimate of drug-likeness (QED) is 0.773. The topological polar surface area (TPSA) is 63.7 Å². The van der Waals surface area contributed by atoms with E-state index in [1.54, 1.807) is 12.4 Å². The molecule has 2 aliphatic rings. The Morgan fingerprint density at radius 2 is 1.52 bits per heavy atom. The summed E-state index contributed by atoms with van der Waals surface area (Å²) in [6, 6.07) is 12.0. The third-order valence-corrected chi connectivity index (χ3v) is 5.55. The van der Waals surface area contributed by atoms with Gasteiger partial charge in [-0.15, -0.1) is 0 Å². The Kier molecular flexibility index (Phi) is 6.75. The van der Waals surface area contributed by atoms with Gasteiger partial charge in [0.2, 0.25) is 0 Å². The van der Waals surface area contributed by atoms with Crippen molar-refractivity contribution in [2.75, 3.05) is 31.6 Å². The van der Waals surface area contributed by atoms with Crippen molar-refractivity contribution in [1.29, 1.82) is 0 Å². The molecule has 2 fully saturated rings. The number of hydrogen-bond acceptors (Lipinski definition) is 4. The van der Waals surface area contributed by atoms with Gasteiger partial charge in [0.1, 0.15) is 0 Å². The molecule has 1 aromatic heterocycles. The van der Waals surface area contributed by atoms with Crippen LogP contribution < -0.4 is 5.32 Å². The number of pyridine rings is 1. The maximum absolute atomic E-state index is 13.0. The van der Waals surface area contributed by atoms with Gasteiger partial charge in [-0.25, -0.2) is 4.79 Å². The number of aromatic nitrogens is 1. The van der Waals surface area contributed by atoms with E-state index < -0.39 is 0 Å². The minimum atomic E-state index is -0.0853. The van der Waals surface area contributed by atoms with Crippen LogP contribution in [-0.4, -0.2) is 54.4 Å². The number of urea groups is 1. The van der Waals surface area contributed by atoms with E-state index in [0.717, 1.165) is 51.0 Å². The normalized spacial score (nSPS) is 21.2. The van der Waals surface area contributed by atoms with E-state index in [-0.39, 0.29) is 18.2 Å². The lowest BCUT2D eigenvalue weighted by atomic mass is 10.1. The number of hydrogen-bond donors (Lipinski definition) is 1. The molecule has 1 aromatic carbocycles. The lowest BCUT2D eigenvalue weighted by Gasteiger charge is -2.28. The molecule has 154 valence electrons. The van der Waals surface area contributed by atoms with Crippen LogP contribution in [0, 0.1) is 0 Å². The summed E-state index contributed by atoms with van der Waals surface area (Å²) < 4.78 is 11.5. The first-order valence-electron chi connectivity index (χ1n) is 10.5. The summed E-state index contributed by atoms with van der Waals surface area (Å²) in [6.07, 6.45) is 8.88. The van der Waals surface area contributed by atoms with Gasteiger partial charge in [-0.3, -0.25) is 4.98 Å². The highest BCUT2D eigenvalue weighted by atomic mass is 16.5. The highest BCUT2D eigenvalue weighted by Gasteiger charge is 2.27. The van der Waals surface area contributed by atoms with Crippen molar-refractivity contribution in [1.82, 2.24) is 9.88 Å². The number of anilines is 1. The van der Waals surface area contributed by atoms with Crippen LogP contribution in [0.4, 0.5) is 10.5 Å². The van der Waals surface area contributed by atoms with Crippen molar-refractivity contribution in [2.24, 2.45) is 0 Å². The largest absolute Gasteiger partial charge is 0.376 e. The minimum absolute atomic E-state index is 0.0853. The first kappa shape index (κ1) is 19.9. The van der Waals surface area contributed by atoms with E-state index in [0.29, 0.717) is 13.1 Å². The highest BCUT2D eigenvalue weighted by molar-refractivity contribution is 5.89. The standard InChI is InChI=1S/C23H29N3O3/c27-23(26(16-21-3-1-13-28-21)17-22-4-2-14-29-22)25-20-7-5-18(6-8-20)15-19-9-11-24-12-10-19/h5-12,21-22H,1-4,13-17H2,(H,25,27)/t21-,22-/m1/s1. The van der Waals surface area contributed by atoms with Crippen molar-refractivity contribution in [3.05, 3.63) is 59.9 Å². The lowest BCUT2D eigenvalue weighted by Crippen LogP contribution is -2.44. The van der Waals surface area contributed by atoms with Gasteiger partial charge in [-0.05, 0) is 67.5 Å². The molecule has 29 heavy (non-hydrogen) atoms. The van der Waals surface area contributed by atoms with Gasteiger partial charge in [0.15, 0.2) is 0 Å². The van der Waals surface area contributed by atoms with Crippen LogP contribution in [0.1, 0.15) is 36.8 Å². The number of amides is 2. The summed E-state index contributed by atoms with van der Waals surface area (Å²) in [6.45, 7) is 2.82. The molecule has 6 heteroatoms. The molecule has 0 bridgehead atoms. The second-order valence-electron chi connectivity index (χ2n) is 7.83. The summed E-state index contributed by atoms with van der Waals surface area (Å²) in [5, 5.41) is 3.05. The number of rotatable bonds is 7. The maximum Gasteiger partial charge on any atom is 0.322 e. The molecule has 2 aliphatic heterocycles. The molecular weight excluding hydrogens is 366 g/mol. The fourth-order valence-electron chi connectivity index (χ4n) is 3.95. The van der Waals surface area contributed by atoms with Crippen molar-refractivity contribution < 1.29 is 14.3 Å². The highest BCUT2D eigenvalue weighted by Crippen LogP contribution is 2.19. The molecule has 2 saturated heterocycles. The Bertz CT molecular complexity index is 752. The summed E-state index contributed by atoms with van der Waals surface area (Å²) in [4.78, 5) is 18.9. The van der Waals surface area contributed by atoms with E-state index >= 15 is 0 Å². The minimum Gasteiger partial charge on any atom is -0.376 e. The molecular formula is C23H29N3O3. The van der Waals surface area contributed by atoms with Crippen LogP contribution in [0.25, 0.3) is 0 Å². The van der Waals surface area contributed by atoms with Gasteiger partial charge in [0.05, 0.1) is 12.2 Å². The second kappa shape index (κ2) is 9.85. The van der Waals surface area contributed by atoms with Crippen molar-refractivity contribution in [3.63, 3.8) is 0 Å². The van der Waals surface area contributed by atoms with Gasteiger partial charge >= 0.3 is 6.03 Å². The number of ether oxygens (including phenoxy) is 2. The monoisotopic (exact) mass is 395 g/mol. The Hall–Kier alpha value is -2.44. The second-order valence-corrected chi connectivity index (χ2v) is 7.83. The van der Waals surface area contributed by atoms with Gasteiger partial charge in [-0.1, -0.05) is 12.1 Å². The number of benzene rings is 1. The average molecular weight is 396 g/mol. The summed E-state index contributed by atoms with van der Waals surface area (Å²) in [5.74, 6) is 0. The Labute approximate surface area is 172 Å². The smallest absolute Gasteiger partial charge is 0.322 e. The molecule has 0 unspecified atom stereocenters. The molecule has 3 heterocycles. The molecule has 2 amide bonds. The maximum atomic E-state index is 13.0. The average Bonchev–Trinajstić information content (AvgIpc) is 3.44. The Morgan fingerprint density at radius 3 is 2.07 bits per heavy atom. The molecule has 6 nitrogen and oxygen atoms in total. The van der Waals surface area contributed by atoms with E-state index in [9.17, 15) is 4.79 Å². The zero-order valence-corrected chi connectivity index (χ0v) is 16.8. The van der Waals surface area contributed by atoms with Crippen molar-refractivity contribution in [3.8, 4) is 0 Å². The molecule has 4 rings (SSSR count). The molecule has 2 atom stereocenters. The third kappa shape index (κ3) is 5.78. The van der Waals surface area contributed by atoms with Crippen molar-refractivity contribution >= 4 is 11.7 Å². The van der Waals surface area contributed by atoms with Crippen LogP contribution >= 0.6 is 0 Å². The number of nitrogens with one attached hydrogen (secondary N) is 1. The van der Waals surface area contributed by atoms with Crippen molar-refractivity contribution in [2.45, 2.75) is 44.3 Å². The van der Waals surface area contributed by atoms with E-state index in [2.05, 4.69) is 22.4 Å². The van der Waals surface area contributed by atoms with Crippen LogP contribution in [0.2, 0.25) is 0 Å². The number of nitrogens with zero attached hydrogens (tertiary/aromatic N) is 2. The van der Waals surface area contributed by atoms with Crippen LogP contribution in [0.5, 0.6) is 0 Å². The predicted molar refractivity (Wildman–Crippen MR) is 112 cm³/mol. The fourth-order valence-corrected chi connectivity index (χ4v) is 3.95. The van der Waals surface area contributed by atoms with E-state index in [4.69, 9.17) is 9.47 Å². The van der Waals surface area contributed by atoms with E-state index in [1.807, 2.05) is 29.2 Å². The van der Waals surface area contributed by atoms with Gasteiger partial charge in [-0.2, -0.15) is 0 Å². The number of carbonyl (C=O) groups is 1. The van der Waals surface area contributed by atoms with Gasteiger partial charge < -0.3 is 19.7 Å². The van der Waals surface area contributed by atoms with E-state index in [1.165, 1.54) is 11.1 Å². The first-order chi connectivity index (χ1) is 14.3. The van der Waals surface area contributed by atoms with Gasteiger partial charge in [0.25, 0.3) is 0 Å². The Balaban J connectivity index is 1.36. The summed E-state index contributed by atoms with van der Waals surface area (Å²) >= 11 is 0. The number of carbonyl (C=O) groups excluding carboxylic acids is 1. The van der Waals surface area contributed by atoms with Crippen LogP contribution in [0.15, 0.2) is 48.8 Å². The van der Waals surface area contributed by atoms with Crippen LogP contribution in [0.3, 0.4) is 0 Å². The molecule has 0 aliphatic carbocycles. The molecule has 0 radical (unpaired) electrons. The fraction of sp³-hybridized carbons (Fsp3) is 0.478. The lowest BCUT2D eigenvalue weighted by molar-refractivity contribution is 0.0524. The van der Waals surface area contributed by atoms with Gasteiger partial charge in [0, 0.05) is 44.4 Å².